The summed E-state index contributed by atoms with van der Waals surface area (Å²) in [6.45, 7) is 0.534. The number of thiazole rings is 1. The second-order valence-electron chi connectivity index (χ2n) is 3.11. The number of hydrogen-bond donors (Lipinski definition) is 2. The first kappa shape index (κ1) is 9.84. The van der Waals surface area contributed by atoms with E-state index in [9.17, 15) is 14.9 Å². The first-order valence-corrected chi connectivity index (χ1v) is 5.10. The summed E-state index contributed by atoms with van der Waals surface area (Å²) in [5.74, 6) is -0.0152. The van der Waals surface area contributed by atoms with Crippen LogP contribution in [0.3, 0.4) is 0 Å². The van der Waals surface area contributed by atoms with Crippen LogP contribution in [0.2, 0.25) is 0 Å². The molecule has 1 fully saturated rings. The maximum absolute atomic E-state index is 10.9. The Bertz CT molecular complexity index is 405. The Kier molecular flexibility index (Phi) is 2.50. The zero-order valence-corrected chi connectivity index (χ0v) is 8.41. The molecule has 8 heteroatoms. The summed E-state index contributed by atoms with van der Waals surface area (Å²) >= 11 is 0.969. The lowest BCUT2D eigenvalue weighted by atomic mass is 10.3. The summed E-state index contributed by atoms with van der Waals surface area (Å²) in [4.78, 5) is 24.6. The molecule has 1 atom stereocenters. The number of nitro groups is 1. The second kappa shape index (κ2) is 3.81. The molecule has 0 saturated carbocycles. The third-order valence-electron chi connectivity index (χ3n) is 1.98. The van der Waals surface area contributed by atoms with E-state index in [0.29, 0.717) is 18.1 Å². The second-order valence-corrected chi connectivity index (χ2v) is 4.12. The fourth-order valence-electron chi connectivity index (χ4n) is 1.30. The first-order chi connectivity index (χ1) is 7.15. The molecule has 1 amide bonds. The molecule has 15 heavy (non-hydrogen) atoms. The third kappa shape index (κ3) is 2.21. The van der Waals surface area contributed by atoms with Gasteiger partial charge in [0.15, 0.2) is 5.13 Å². The highest BCUT2D eigenvalue weighted by atomic mass is 32.1. The van der Waals surface area contributed by atoms with Gasteiger partial charge in [-0.2, -0.15) is 0 Å². The predicted molar refractivity (Wildman–Crippen MR) is 53.8 cm³/mol. The molecule has 1 saturated heterocycles. The molecule has 7 nitrogen and oxygen atoms in total. The standard InChI is InChI=1S/C7H8N4O3S/c12-5-1-4(2-8-5)10-7-9-3-6(15-7)11(13)14/h3-4H,1-2H2,(H,8,12)(H,9,10). The SMILES string of the molecule is O=C1CC(Nc2ncc([N+](=O)[O-])s2)CN1. The number of amides is 1. The van der Waals surface area contributed by atoms with Crippen molar-refractivity contribution in [2.45, 2.75) is 12.5 Å². The molecule has 0 aromatic carbocycles. The van der Waals surface area contributed by atoms with Crippen molar-refractivity contribution in [1.82, 2.24) is 10.3 Å². The van der Waals surface area contributed by atoms with Gasteiger partial charge in [0.25, 0.3) is 0 Å². The van der Waals surface area contributed by atoms with Crippen LogP contribution in [0.25, 0.3) is 0 Å². The van der Waals surface area contributed by atoms with Gasteiger partial charge in [0.05, 0.1) is 11.0 Å². The lowest BCUT2D eigenvalue weighted by Gasteiger charge is -2.06. The molecule has 1 aliphatic heterocycles. The predicted octanol–water partition coefficient (Wildman–Crippen LogP) is 0.352. The molecule has 2 rings (SSSR count). The Morgan fingerprint density at radius 1 is 1.73 bits per heavy atom. The van der Waals surface area contributed by atoms with Gasteiger partial charge in [0.1, 0.15) is 6.20 Å². The van der Waals surface area contributed by atoms with Crippen molar-refractivity contribution in [3.05, 3.63) is 16.3 Å². The molecule has 0 bridgehead atoms. The summed E-state index contributed by atoms with van der Waals surface area (Å²) in [5.41, 5.74) is 0. The van der Waals surface area contributed by atoms with E-state index >= 15 is 0 Å². The summed E-state index contributed by atoms with van der Waals surface area (Å²) < 4.78 is 0. The first-order valence-electron chi connectivity index (χ1n) is 4.28. The van der Waals surface area contributed by atoms with Gasteiger partial charge in [-0.15, -0.1) is 0 Å². The van der Waals surface area contributed by atoms with E-state index in [4.69, 9.17) is 0 Å². The Labute approximate surface area is 88.7 Å². The maximum Gasteiger partial charge on any atom is 0.345 e. The minimum Gasteiger partial charge on any atom is -0.356 e. The van der Waals surface area contributed by atoms with Crippen LogP contribution in [0, 0.1) is 10.1 Å². The van der Waals surface area contributed by atoms with Crippen molar-refractivity contribution >= 4 is 27.4 Å². The third-order valence-corrected chi connectivity index (χ3v) is 2.86. The molecule has 2 N–H and O–H groups in total. The molecular formula is C7H8N4O3S. The monoisotopic (exact) mass is 228 g/mol. The zero-order valence-electron chi connectivity index (χ0n) is 7.60. The smallest absolute Gasteiger partial charge is 0.345 e. The topological polar surface area (TPSA) is 97.2 Å². The van der Waals surface area contributed by atoms with Crippen molar-refractivity contribution < 1.29 is 9.72 Å². The highest BCUT2D eigenvalue weighted by Crippen LogP contribution is 2.25. The maximum atomic E-state index is 10.9. The summed E-state index contributed by atoms with van der Waals surface area (Å²) in [6.07, 6.45) is 1.59. The number of rotatable bonds is 3. The minimum absolute atomic E-state index is 0.00483. The highest BCUT2D eigenvalue weighted by Gasteiger charge is 2.22. The van der Waals surface area contributed by atoms with Gasteiger partial charge in [0.2, 0.25) is 5.91 Å². The normalized spacial score (nSPS) is 20.0. The lowest BCUT2D eigenvalue weighted by Crippen LogP contribution is -2.22. The van der Waals surface area contributed by atoms with E-state index in [1.54, 1.807) is 0 Å². The molecule has 1 unspecified atom stereocenters. The van der Waals surface area contributed by atoms with Crippen molar-refractivity contribution in [3.8, 4) is 0 Å². The summed E-state index contributed by atoms with van der Waals surface area (Å²) in [6, 6.07) is -0.0248. The van der Waals surface area contributed by atoms with E-state index < -0.39 is 4.92 Å². The average molecular weight is 228 g/mol. The van der Waals surface area contributed by atoms with Crippen LogP contribution in [0.1, 0.15) is 6.42 Å². The Morgan fingerprint density at radius 3 is 3.07 bits per heavy atom. The molecule has 1 aromatic rings. The Morgan fingerprint density at radius 2 is 2.53 bits per heavy atom. The average Bonchev–Trinajstić information content (AvgIpc) is 2.76. The van der Waals surface area contributed by atoms with Crippen LogP contribution in [0.5, 0.6) is 0 Å². The van der Waals surface area contributed by atoms with Crippen LogP contribution in [0.15, 0.2) is 6.20 Å². The van der Waals surface area contributed by atoms with Gasteiger partial charge in [0, 0.05) is 13.0 Å². The van der Waals surface area contributed by atoms with E-state index in [-0.39, 0.29) is 17.0 Å². The number of nitrogens with zero attached hydrogens (tertiary/aromatic N) is 2. The van der Waals surface area contributed by atoms with Gasteiger partial charge in [-0.25, -0.2) is 4.98 Å². The summed E-state index contributed by atoms with van der Waals surface area (Å²) in [7, 11) is 0. The van der Waals surface area contributed by atoms with Gasteiger partial charge in [-0.3, -0.25) is 14.9 Å². The fraction of sp³-hybridized carbons (Fsp3) is 0.429. The quantitative estimate of drug-likeness (QED) is 0.574. The van der Waals surface area contributed by atoms with Crippen LogP contribution in [-0.4, -0.2) is 28.4 Å². The zero-order chi connectivity index (χ0) is 10.8. The van der Waals surface area contributed by atoms with Crippen LogP contribution in [-0.2, 0) is 4.79 Å². The Balaban J connectivity index is 1.99. The molecule has 1 aliphatic rings. The lowest BCUT2D eigenvalue weighted by molar-refractivity contribution is -0.380. The van der Waals surface area contributed by atoms with Gasteiger partial charge >= 0.3 is 5.00 Å². The molecule has 0 radical (unpaired) electrons. The van der Waals surface area contributed by atoms with Crippen molar-refractivity contribution in [3.63, 3.8) is 0 Å². The molecule has 80 valence electrons. The van der Waals surface area contributed by atoms with Crippen LogP contribution in [0.4, 0.5) is 10.1 Å². The number of anilines is 1. The Hall–Kier alpha value is -1.70. The van der Waals surface area contributed by atoms with Gasteiger partial charge in [-0.1, -0.05) is 0 Å². The molecule has 1 aromatic heterocycles. The van der Waals surface area contributed by atoms with E-state index in [1.807, 2.05) is 0 Å². The number of nitrogens with one attached hydrogen (secondary N) is 2. The number of carbonyl (C=O) groups is 1. The van der Waals surface area contributed by atoms with Crippen molar-refractivity contribution in [2.75, 3.05) is 11.9 Å². The van der Waals surface area contributed by atoms with E-state index in [0.717, 1.165) is 11.3 Å². The van der Waals surface area contributed by atoms with Crippen molar-refractivity contribution in [2.24, 2.45) is 0 Å². The van der Waals surface area contributed by atoms with Crippen LogP contribution < -0.4 is 10.6 Å². The molecular weight excluding hydrogens is 220 g/mol. The van der Waals surface area contributed by atoms with Crippen LogP contribution >= 0.6 is 11.3 Å². The molecule has 0 aliphatic carbocycles. The van der Waals surface area contributed by atoms with Crippen molar-refractivity contribution in [1.29, 1.82) is 0 Å². The highest BCUT2D eigenvalue weighted by molar-refractivity contribution is 7.18. The van der Waals surface area contributed by atoms with Gasteiger partial charge in [-0.05, 0) is 11.3 Å². The fourth-order valence-corrected chi connectivity index (χ4v) is 2.01. The largest absolute Gasteiger partial charge is 0.356 e. The number of hydrogen-bond acceptors (Lipinski definition) is 6. The minimum atomic E-state index is -0.485. The van der Waals surface area contributed by atoms with E-state index in [1.165, 1.54) is 6.20 Å². The number of aromatic nitrogens is 1. The summed E-state index contributed by atoms with van der Waals surface area (Å²) in [5, 5.41) is 16.5. The number of carbonyl (C=O) groups excluding carboxylic acids is 1. The van der Waals surface area contributed by atoms with E-state index in [2.05, 4.69) is 15.6 Å². The molecule has 0 spiro atoms. The van der Waals surface area contributed by atoms with Gasteiger partial charge < -0.3 is 10.6 Å². The molecule has 2 heterocycles.